The van der Waals surface area contributed by atoms with Gasteiger partial charge in [0.1, 0.15) is 11.4 Å². The standard InChI is InChI=1S/C21H19F3N6O2/c22-21(23,24)32-17-3-1-2-13(8-17)18-5-4-14-11-30(20(31)19(14)27-18)16-9-15(25-10-16)12-29-7-6-26-28-29/h1-8,15-16,25H,9-12H2/t15-,16+/m0/s1. The van der Waals surface area contributed by atoms with E-state index >= 15 is 0 Å². The predicted molar refractivity (Wildman–Crippen MR) is 106 cm³/mol. The topological polar surface area (TPSA) is 85.2 Å². The lowest BCUT2D eigenvalue weighted by Crippen LogP contribution is -2.37. The highest BCUT2D eigenvalue weighted by Crippen LogP contribution is 2.31. The summed E-state index contributed by atoms with van der Waals surface area (Å²) in [5.74, 6) is -0.501. The van der Waals surface area contributed by atoms with Crippen molar-refractivity contribution < 1.29 is 22.7 Å². The number of halogens is 3. The van der Waals surface area contributed by atoms with Gasteiger partial charge in [0.2, 0.25) is 0 Å². The van der Waals surface area contributed by atoms with Crippen LogP contribution in [0, 0.1) is 0 Å². The van der Waals surface area contributed by atoms with Crippen molar-refractivity contribution in [1.82, 2.24) is 30.2 Å². The van der Waals surface area contributed by atoms with Crippen molar-refractivity contribution in [3.63, 3.8) is 0 Å². The minimum absolute atomic E-state index is 0.0252. The molecule has 2 atom stereocenters. The van der Waals surface area contributed by atoms with Crippen LogP contribution in [0.4, 0.5) is 13.2 Å². The lowest BCUT2D eigenvalue weighted by molar-refractivity contribution is -0.274. The van der Waals surface area contributed by atoms with Gasteiger partial charge in [0.05, 0.1) is 18.4 Å². The number of rotatable bonds is 5. The fraction of sp³-hybridized carbons (Fsp3) is 0.333. The molecule has 0 aliphatic carbocycles. The van der Waals surface area contributed by atoms with E-state index in [1.165, 1.54) is 18.2 Å². The van der Waals surface area contributed by atoms with Gasteiger partial charge >= 0.3 is 6.36 Å². The number of fused-ring (bicyclic) bond motifs is 1. The Hall–Kier alpha value is -3.47. The quantitative estimate of drug-likeness (QED) is 0.651. The molecular formula is C21H19F3N6O2. The molecule has 8 nitrogen and oxygen atoms in total. The molecule has 0 spiro atoms. The number of amides is 1. The molecular weight excluding hydrogens is 425 g/mol. The van der Waals surface area contributed by atoms with E-state index < -0.39 is 6.36 Å². The number of benzene rings is 1. The van der Waals surface area contributed by atoms with Crippen LogP contribution >= 0.6 is 0 Å². The van der Waals surface area contributed by atoms with Gasteiger partial charge in [0.15, 0.2) is 0 Å². The van der Waals surface area contributed by atoms with Gasteiger partial charge in [-0.2, -0.15) is 0 Å². The van der Waals surface area contributed by atoms with E-state index in [1.54, 1.807) is 34.1 Å². The first-order chi connectivity index (χ1) is 15.4. The molecule has 0 saturated carbocycles. The Morgan fingerprint density at radius 1 is 1.22 bits per heavy atom. The van der Waals surface area contributed by atoms with Crippen molar-refractivity contribution >= 4 is 5.91 Å². The van der Waals surface area contributed by atoms with Gasteiger partial charge in [-0.25, -0.2) is 4.98 Å². The normalized spacial score (nSPS) is 20.6. The smallest absolute Gasteiger partial charge is 0.406 e. The predicted octanol–water partition coefficient (Wildman–Crippen LogP) is 2.63. The fourth-order valence-corrected chi connectivity index (χ4v) is 4.23. The Labute approximate surface area is 181 Å². The molecule has 32 heavy (non-hydrogen) atoms. The number of hydrogen-bond acceptors (Lipinski definition) is 6. The molecule has 2 aliphatic heterocycles. The maximum Gasteiger partial charge on any atom is 0.573 e. The maximum atomic E-state index is 13.1. The Kier molecular flexibility index (Phi) is 5.04. The van der Waals surface area contributed by atoms with Crippen LogP contribution in [0.5, 0.6) is 5.75 Å². The van der Waals surface area contributed by atoms with E-state index in [4.69, 9.17) is 0 Å². The fourth-order valence-electron chi connectivity index (χ4n) is 4.23. The Bertz CT molecular complexity index is 1130. The van der Waals surface area contributed by atoms with Crippen LogP contribution in [-0.4, -0.2) is 55.8 Å². The van der Waals surface area contributed by atoms with E-state index in [1.807, 2.05) is 6.07 Å². The molecule has 2 aliphatic rings. The van der Waals surface area contributed by atoms with Gasteiger partial charge < -0.3 is 15.0 Å². The van der Waals surface area contributed by atoms with Gasteiger partial charge in [-0.05, 0) is 24.6 Å². The second-order valence-corrected chi connectivity index (χ2v) is 7.83. The van der Waals surface area contributed by atoms with Crippen molar-refractivity contribution in [3.05, 3.63) is 60.0 Å². The second-order valence-electron chi connectivity index (χ2n) is 7.83. The molecule has 5 rings (SSSR count). The highest BCUT2D eigenvalue weighted by atomic mass is 19.4. The summed E-state index contributed by atoms with van der Waals surface area (Å²) in [7, 11) is 0. The molecule has 1 fully saturated rings. The summed E-state index contributed by atoms with van der Waals surface area (Å²) in [5.41, 5.74) is 2.00. The van der Waals surface area contributed by atoms with Crippen molar-refractivity contribution in [3.8, 4) is 17.0 Å². The van der Waals surface area contributed by atoms with Crippen LogP contribution in [-0.2, 0) is 13.1 Å². The molecule has 166 valence electrons. The first-order valence-electron chi connectivity index (χ1n) is 10.1. The first kappa shape index (κ1) is 20.4. The average Bonchev–Trinajstić information content (AvgIpc) is 3.48. The minimum atomic E-state index is -4.78. The molecule has 0 bridgehead atoms. The number of hydrogen-bond donors (Lipinski definition) is 1. The van der Waals surface area contributed by atoms with Crippen molar-refractivity contribution in [2.24, 2.45) is 0 Å². The molecule has 1 aromatic carbocycles. The first-order valence-corrected chi connectivity index (χ1v) is 10.1. The molecule has 1 saturated heterocycles. The highest BCUT2D eigenvalue weighted by molar-refractivity contribution is 5.97. The van der Waals surface area contributed by atoms with Crippen molar-refractivity contribution in [2.75, 3.05) is 6.54 Å². The number of nitrogens with zero attached hydrogens (tertiary/aromatic N) is 5. The van der Waals surface area contributed by atoms with E-state index in [2.05, 4.69) is 25.3 Å². The Morgan fingerprint density at radius 2 is 2.09 bits per heavy atom. The van der Waals surface area contributed by atoms with Gasteiger partial charge in [-0.3, -0.25) is 9.48 Å². The van der Waals surface area contributed by atoms with Gasteiger partial charge in [-0.15, -0.1) is 18.3 Å². The van der Waals surface area contributed by atoms with Crippen LogP contribution in [0.1, 0.15) is 22.5 Å². The lowest BCUT2D eigenvalue weighted by atomic mass is 10.1. The molecule has 1 N–H and O–H groups in total. The summed E-state index contributed by atoms with van der Waals surface area (Å²) in [4.78, 5) is 19.4. The van der Waals surface area contributed by atoms with Crippen LogP contribution in [0.15, 0.2) is 48.8 Å². The zero-order valence-corrected chi connectivity index (χ0v) is 16.8. The zero-order chi connectivity index (χ0) is 22.3. The Balaban J connectivity index is 1.31. The number of nitrogens with one attached hydrogen (secondary N) is 1. The third-order valence-electron chi connectivity index (χ3n) is 5.67. The monoisotopic (exact) mass is 444 g/mol. The van der Waals surface area contributed by atoms with Crippen molar-refractivity contribution in [1.29, 1.82) is 0 Å². The minimum Gasteiger partial charge on any atom is -0.406 e. The lowest BCUT2D eigenvalue weighted by Gasteiger charge is -2.22. The maximum absolute atomic E-state index is 13.1. The number of pyridine rings is 1. The summed E-state index contributed by atoms with van der Waals surface area (Å²) in [5, 5.41) is 11.2. The average molecular weight is 444 g/mol. The number of alkyl halides is 3. The summed E-state index contributed by atoms with van der Waals surface area (Å²) in [6.07, 6.45) is -0.571. The van der Waals surface area contributed by atoms with Crippen LogP contribution in [0.3, 0.4) is 0 Å². The van der Waals surface area contributed by atoms with Gasteiger partial charge in [0.25, 0.3) is 5.91 Å². The molecule has 2 aromatic heterocycles. The van der Waals surface area contributed by atoms with E-state index in [0.717, 1.165) is 12.0 Å². The summed E-state index contributed by atoms with van der Waals surface area (Å²) < 4.78 is 43.3. The molecule has 11 heteroatoms. The molecule has 0 radical (unpaired) electrons. The number of ether oxygens (including phenoxy) is 1. The van der Waals surface area contributed by atoms with Gasteiger partial charge in [0, 0.05) is 42.5 Å². The SMILES string of the molecule is O=C1c2nc(-c3cccc(OC(F)(F)F)c3)ccc2CN1[C@H]1CN[C@H](Cn2ccnn2)C1. The summed E-state index contributed by atoms with van der Waals surface area (Å²) in [6, 6.07) is 9.29. The van der Waals surface area contributed by atoms with Crippen LogP contribution in [0.25, 0.3) is 11.3 Å². The van der Waals surface area contributed by atoms with E-state index in [0.29, 0.717) is 36.6 Å². The number of aromatic nitrogens is 4. The zero-order valence-electron chi connectivity index (χ0n) is 16.8. The molecule has 0 unspecified atom stereocenters. The third kappa shape index (κ3) is 4.15. The highest BCUT2D eigenvalue weighted by Gasteiger charge is 2.38. The number of carbonyl (C=O) groups excluding carboxylic acids is 1. The second kappa shape index (κ2) is 7.90. The number of carbonyl (C=O) groups is 1. The molecule has 1 amide bonds. The largest absolute Gasteiger partial charge is 0.573 e. The van der Waals surface area contributed by atoms with Crippen molar-refractivity contribution in [2.45, 2.75) is 38.0 Å². The van der Waals surface area contributed by atoms with E-state index in [-0.39, 0.29) is 23.7 Å². The van der Waals surface area contributed by atoms with Gasteiger partial charge in [-0.1, -0.05) is 23.4 Å². The Morgan fingerprint density at radius 3 is 2.88 bits per heavy atom. The third-order valence-corrected chi connectivity index (χ3v) is 5.67. The van der Waals surface area contributed by atoms with E-state index in [9.17, 15) is 18.0 Å². The summed E-state index contributed by atoms with van der Waals surface area (Å²) in [6.45, 7) is 1.80. The molecule has 3 aromatic rings. The molecule has 4 heterocycles. The summed E-state index contributed by atoms with van der Waals surface area (Å²) >= 11 is 0. The van der Waals surface area contributed by atoms with Crippen LogP contribution in [0.2, 0.25) is 0 Å². The van der Waals surface area contributed by atoms with Crippen LogP contribution < -0.4 is 10.1 Å².